The van der Waals surface area contributed by atoms with E-state index in [-0.39, 0.29) is 32.0 Å². The summed E-state index contributed by atoms with van der Waals surface area (Å²) in [6, 6.07) is 7.18. The Morgan fingerprint density at radius 2 is 2.06 bits per heavy atom. The van der Waals surface area contributed by atoms with Gasteiger partial charge in [-0.2, -0.15) is 10.2 Å². The van der Waals surface area contributed by atoms with Crippen LogP contribution in [0.25, 0.3) is 11.5 Å². The largest absolute Gasteiger partial charge is 0.491 e. The van der Waals surface area contributed by atoms with Crippen molar-refractivity contribution in [2.24, 2.45) is 0 Å². The van der Waals surface area contributed by atoms with Crippen LogP contribution in [0.15, 0.2) is 30.5 Å². The molecule has 0 saturated heterocycles. The average molecular weight is 435 g/mol. The van der Waals surface area contributed by atoms with Crippen molar-refractivity contribution < 1.29 is 14.6 Å². The van der Waals surface area contributed by atoms with Crippen LogP contribution in [0.3, 0.4) is 0 Å². The van der Waals surface area contributed by atoms with Gasteiger partial charge in [0.25, 0.3) is 0 Å². The van der Waals surface area contributed by atoms with Gasteiger partial charge in [0.2, 0.25) is 0 Å². The first kappa shape index (κ1) is 21.8. The van der Waals surface area contributed by atoms with Crippen molar-refractivity contribution in [1.82, 2.24) is 25.1 Å². The van der Waals surface area contributed by atoms with Crippen LogP contribution >= 0.6 is 0 Å². The number of aliphatic hydroxyl groups excluding tert-OH is 1. The molecular formula is C23H26N6O3. The molecule has 0 spiro atoms. The fourth-order valence-corrected chi connectivity index (χ4v) is 3.75. The highest BCUT2D eigenvalue weighted by atomic mass is 16.5. The van der Waals surface area contributed by atoms with Crippen LogP contribution in [-0.2, 0) is 24.1 Å². The molecule has 0 fully saturated rings. The molecule has 1 aliphatic carbocycles. The van der Waals surface area contributed by atoms with Gasteiger partial charge in [0.05, 0.1) is 31.0 Å². The van der Waals surface area contributed by atoms with Gasteiger partial charge >= 0.3 is 0 Å². The Hall–Kier alpha value is -3.46. The van der Waals surface area contributed by atoms with E-state index >= 15 is 0 Å². The molecule has 1 aliphatic rings. The third kappa shape index (κ3) is 5.05. The number of aliphatic hydroxyl groups is 1. The quantitative estimate of drug-likeness (QED) is 0.538. The molecule has 0 amide bonds. The number of pyridine rings is 1. The lowest BCUT2D eigenvalue weighted by atomic mass is 10.1. The van der Waals surface area contributed by atoms with Crippen molar-refractivity contribution in [3.63, 3.8) is 0 Å². The molecular weight excluding hydrogens is 408 g/mol. The monoisotopic (exact) mass is 434 g/mol. The number of carbonyl (C=O) groups excluding carboxylic acids is 1. The predicted octanol–water partition coefficient (Wildman–Crippen LogP) is 1.74. The number of hydrogen-bond donors (Lipinski definition) is 1. The van der Waals surface area contributed by atoms with E-state index in [0.717, 1.165) is 42.0 Å². The number of aryl methyl sites for hydroxylation is 2. The minimum Gasteiger partial charge on any atom is -0.491 e. The summed E-state index contributed by atoms with van der Waals surface area (Å²) >= 11 is 0. The maximum Gasteiger partial charge on any atom is 0.180 e. The Morgan fingerprint density at radius 3 is 2.84 bits per heavy atom. The van der Waals surface area contributed by atoms with Crippen LogP contribution < -0.4 is 9.64 Å². The molecule has 1 N–H and O–H groups in total. The molecule has 0 radical (unpaired) electrons. The SMILES string of the molecule is Cc1ccc(CC(=O)CN(C)c2nc(-c3cc(OCCO)ccn3)nc3c2CCC3)nn1. The van der Waals surface area contributed by atoms with Gasteiger partial charge < -0.3 is 14.7 Å². The number of aromatic nitrogens is 5. The van der Waals surface area contributed by atoms with E-state index in [0.29, 0.717) is 23.0 Å². The number of ketones is 1. The summed E-state index contributed by atoms with van der Waals surface area (Å²) in [7, 11) is 1.87. The van der Waals surface area contributed by atoms with Crippen LogP contribution in [0.4, 0.5) is 5.82 Å². The lowest BCUT2D eigenvalue weighted by Gasteiger charge is -2.21. The van der Waals surface area contributed by atoms with E-state index in [1.165, 1.54) is 0 Å². The Morgan fingerprint density at radius 1 is 1.19 bits per heavy atom. The Kier molecular flexibility index (Phi) is 6.65. The maximum atomic E-state index is 12.7. The van der Waals surface area contributed by atoms with Crippen molar-refractivity contribution >= 4 is 11.6 Å². The van der Waals surface area contributed by atoms with Gasteiger partial charge in [0.15, 0.2) is 11.6 Å². The summed E-state index contributed by atoms with van der Waals surface area (Å²) in [6.07, 6.45) is 4.63. The second kappa shape index (κ2) is 9.78. The van der Waals surface area contributed by atoms with E-state index in [4.69, 9.17) is 19.8 Å². The summed E-state index contributed by atoms with van der Waals surface area (Å²) in [5, 5.41) is 17.1. The number of Topliss-reactive ketones (excluding diaryl/α,β-unsaturated/α-hetero) is 1. The molecule has 166 valence electrons. The predicted molar refractivity (Wildman–Crippen MR) is 119 cm³/mol. The van der Waals surface area contributed by atoms with Crippen molar-refractivity contribution in [3.8, 4) is 17.3 Å². The van der Waals surface area contributed by atoms with E-state index in [9.17, 15) is 4.79 Å². The third-order valence-electron chi connectivity index (χ3n) is 5.24. The zero-order chi connectivity index (χ0) is 22.5. The molecule has 0 aliphatic heterocycles. The molecule has 9 heteroatoms. The molecule has 0 unspecified atom stereocenters. The second-order valence-electron chi connectivity index (χ2n) is 7.84. The van der Waals surface area contributed by atoms with Gasteiger partial charge in [-0.1, -0.05) is 0 Å². The van der Waals surface area contributed by atoms with Crippen molar-refractivity contribution in [1.29, 1.82) is 0 Å². The van der Waals surface area contributed by atoms with E-state index < -0.39 is 0 Å². The van der Waals surface area contributed by atoms with Gasteiger partial charge in [-0.3, -0.25) is 9.78 Å². The Balaban J connectivity index is 1.56. The number of rotatable bonds is 9. The van der Waals surface area contributed by atoms with Crippen LogP contribution in [-0.4, -0.2) is 62.8 Å². The summed E-state index contributed by atoms with van der Waals surface area (Å²) in [4.78, 5) is 28.5. The fraction of sp³-hybridized carbons (Fsp3) is 0.391. The molecule has 0 atom stereocenters. The number of hydrogen-bond acceptors (Lipinski definition) is 9. The Labute approximate surface area is 186 Å². The average Bonchev–Trinajstić information content (AvgIpc) is 3.27. The normalized spacial score (nSPS) is 12.5. The van der Waals surface area contributed by atoms with Crippen molar-refractivity contribution in [2.45, 2.75) is 32.6 Å². The highest BCUT2D eigenvalue weighted by molar-refractivity contribution is 5.85. The van der Waals surface area contributed by atoms with Crippen molar-refractivity contribution in [2.75, 3.05) is 31.7 Å². The summed E-state index contributed by atoms with van der Waals surface area (Å²) in [5.74, 6) is 1.89. The summed E-state index contributed by atoms with van der Waals surface area (Å²) < 4.78 is 5.49. The molecule has 3 aromatic heterocycles. The first-order valence-electron chi connectivity index (χ1n) is 10.7. The number of fused-ring (bicyclic) bond motifs is 1. The summed E-state index contributed by atoms with van der Waals surface area (Å²) in [6.45, 7) is 2.22. The van der Waals surface area contributed by atoms with Crippen LogP contribution in [0.5, 0.6) is 5.75 Å². The topological polar surface area (TPSA) is 114 Å². The van der Waals surface area contributed by atoms with Gasteiger partial charge in [-0.05, 0) is 44.4 Å². The molecule has 3 heterocycles. The highest BCUT2D eigenvalue weighted by Gasteiger charge is 2.23. The van der Waals surface area contributed by atoms with Gasteiger partial charge in [0.1, 0.15) is 23.9 Å². The highest BCUT2D eigenvalue weighted by Crippen LogP contribution is 2.31. The minimum absolute atomic E-state index is 0.0371. The number of nitrogens with zero attached hydrogens (tertiary/aromatic N) is 6. The van der Waals surface area contributed by atoms with Gasteiger partial charge in [0, 0.05) is 30.6 Å². The van der Waals surface area contributed by atoms with E-state index in [1.54, 1.807) is 18.3 Å². The first-order chi connectivity index (χ1) is 15.5. The molecule has 0 bridgehead atoms. The number of ether oxygens (including phenoxy) is 1. The van der Waals surface area contributed by atoms with E-state index in [1.807, 2.05) is 31.0 Å². The maximum absolute atomic E-state index is 12.7. The van der Waals surface area contributed by atoms with Gasteiger partial charge in [-0.15, -0.1) is 0 Å². The standard InChI is InChI=1S/C23H26N6O3/c1-15-6-7-16(28-27-15)12-17(31)14-29(2)23-19-4-3-5-20(19)25-22(26-23)21-13-18(8-9-24-21)32-11-10-30/h6-9,13,30H,3-5,10-12,14H2,1-2H3. The fourth-order valence-electron chi connectivity index (χ4n) is 3.75. The van der Waals surface area contributed by atoms with Crippen LogP contribution in [0.1, 0.15) is 29.1 Å². The molecule has 0 saturated carbocycles. The lowest BCUT2D eigenvalue weighted by Crippen LogP contribution is -2.29. The number of carbonyl (C=O) groups is 1. The molecule has 0 aromatic carbocycles. The van der Waals surface area contributed by atoms with E-state index in [2.05, 4.69) is 15.2 Å². The zero-order valence-electron chi connectivity index (χ0n) is 18.3. The van der Waals surface area contributed by atoms with Crippen LogP contribution in [0.2, 0.25) is 0 Å². The zero-order valence-corrected chi connectivity index (χ0v) is 18.3. The smallest absolute Gasteiger partial charge is 0.180 e. The van der Waals surface area contributed by atoms with Crippen molar-refractivity contribution in [3.05, 3.63) is 53.1 Å². The minimum atomic E-state index is -0.0653. The van der Waals surface area contributed by atoms with Gasteiger partial charge in [-0.25, -0.2) is 9.97 Å². The number of likely N-dealkylation sites (N-methyl/N-ethyl adjacent to an activating group) is 1. The summed E-state index contributed by atoms with van der Waals surface area (Å²) in [5.41, 5.74) is 4.16. The Bertz CT molecular complexity index is 1100. The van der Waals surface area contributed by atoms with Crippen LogP contribution in [0, 0.1) is 6.92 Å². The second-order valence-corrected chi connectivity index (χ2v) is 7.84. The first-order valence-corrected chi connectivity index (χ1v) is 10.7. The lowest BCUT2D eigenvalue weighted by molar-refractivity contribution is -0.117. The molecule has 9 nitrogen and oxygen atoms in total. The molecule has 4 rings (SSSR count). The molecule has 3 aromatic rings. The molecule has 32 heavy (non-hydrogen) atoms. The number of anilines is 1. The third-order valence-corrected chi connectivity index (χ3v) is 5.24.